The molecule has 1 aliphatic heterocycles. The van der Waals surface area contributed by atoms with Gasteiger partial charge in [-0.15, -0.1) is 0 Å². The zero-order chi connectivity index (χ0) is 17.4. The van der Waals surface area contributed by atoms with E-state index in [9.17, 15) is 14.7 Å². The van der Waals surface area contributed by atoms with Crippen molar-refractivity contribution < 1.29 is 14.7 Å². The molecule has 0 saturated carbocycles. The molecule has 0 bridgehead atoms. The molecule has 2 aromatic heterocycles. The topological polar surface area (TPSA) is 80.4 Å². The molecule has 1 aliphatic rings. The third kappa shape index (κ3) is 2.81. The van der Waals surface area contributed by atoms with Crippen molar-refractivity contribution in [2.45, 2.75) is 32.9 Å². The van der Waals surface area contributed by atoms with E-state index >= 15 is 0 Å². The van der Waals surface area contributed by atoms with Crippen LogP contribution < -0.4 is 0 Å². The Morgan fingerprint density at radius 2 is 2.17 bits per heavy atom. The number of imidazole rings is 1. The fourth-order valence-electron chi connectivity index (χ4n) is 3.24. The van der Waals surface area contributed by atoms with Crippen LogP contribution in [0.4, 0.5) is 0 Å². The van der Waals surface area contributed by atoms with Gasteiger partial charge in [0.1, 0.15) is 11.6 Å². The minimum absolute atomic E-state index is 0.163. The second-order valence-corrected chi connectivity index (χ2v) is 6.70. The maximum Gasteiger partial charge on any atom is 0.314 e. The van der Waals surface area contributed by atoms with Gasteiger partial charge >= 0.3 is 5.97 Å². The zero-order valence-electron chi connectivity index (χ0n) is 14.1. The second-order valence-electron chi connectivity index (χ2n) is 6.70. The molecule has 1 atom stereocenters. The summed E-state index contributed by atoms with van der Waals surface area (Å²) >= 11 is 0. The highest BCUT2D eigenvalue weighted by Gasteiger charge is 2.36. The van der Waals surface area contributed by atoms with Gasteiger partial charge in [0.05, 0.1) is 24.3 Å². The molecule has 7 nitrogen and oxygen atoms in total. The molecule has 0 aliphatic carbocycles. The van der Waals surface area contributed by atoms with Crippen molar-refractivity contribution in [1.29, 1.82) is 0 Å². The Hall–Kier alpha value is -2.57. The van der Waals surface area contributed by atoms with Gasteiger partial charge in [-0.1, -0.05) is 13.8 Å². The van der Waals surface area contributed by atoms with Crippen LogP contribution in [-0.4, -0.2) is 42.5 Å². The van der Waals surface area contributed by atoms with Crippen LogP contribution >= 0.6 is 0 Å². The Kier molecular flexibility index (Phi) is 4.17. The predicted octanol–water partition coefficient (Wildman–Crippen LogP) is 1.70. The Morgan fingerprint density at radius 3 is 2.75 bits per heavy atom. The summed E-state index contributed by atoms with van der Waals surface area (Å²) < 4.78 is 3.66. The number of amides is 1. The van der Waals surface area contributed by atoms with Crippen LogP contribution in [0, 0.1) is 5.92 Å². The molecule has 2 aromatic rings. The first-order valence-electron chi connectivity index (χ1n) is 8.05. The zero-order valence-corrected chi connectivity index (χ0v) is 14.1. The van der Waals surface area contributed by atoms with Crippen LogP contribution in [0.1, 0.15) is 41.6 Å². The highest BCUT2D eigenvalue weighted by atomic mass is 16.4. The van der Waals surface area contributed by atoms with E-state index < -0.39 is 11.9 Å². The van der Waals surface area contributed by atoms with E-state index in [4.69, 9.17) is 0 Å². The smallest absolute Gasteiger partial charge is 0.314 e. The number of carboxylic acid groups (broad SMARTS) is 1. The number of aromatic nitrogens is 3. The van der Waals surface area contributed by atoms with Crippen molar-refractivity contribution in [3.8, 4) is 0 Å². The number of hydrogen-bond acceptors (Lipinski definition) is 3. The second kappa shape index (κ2) is 6.14. The standard InChI is InChI=1S/C17H22N4O3/c1-11(2)7-21-10-18-13-9-20(8-12(15(13)21)17(23)24)16(22)14-5-4-6-19(14)3/h4-6,10-12H,7-9H2,1-3H3,(H,23,24). The third-order valence-electron chi connectivity index (χ3n) is 4.34. The molecule has 1 N–H and O–H groups in total. The lowest BCUT2D eigenvalue weighted by Gasteiger charge is -2.31. The van der Waals surface area contributed by atoms with Crippen molar-refractivity contribution in [1.82, 2.24) is 19.0 Å². The summed E-state index contributed by atoms with van der Waals surface area (Å²) in [5, 5.41) is 9.66. The summed E-state index contributed by atoms with van der Waals surface area (Å²) in [5.74, 6) is -1.45. The molecule has 1 unspecified atom stereocenters. The largest absolute Gasteiger partial charge is 0.481 e. The number of carbonyl (C=O) groups is 2. The first-order valence-corrected chi connectivity index (χ1v) is 8.05. The van der Waals surface area contributed by atoms with E-state index in [1.54, 1.807) is 41.2 Å². The summed E-state index contributed by atoms with van der Waals surface area (Å²) in [6, 6.07) is 3.54. The maximum atomic E-state index is 12.7. The van der Waals surface area contributed by atoms with Gasteiger partial charge in [-0.25, -0.2) is 4.98 Å². The van der Waals surface area contributed by atoms with Crippen molar-refractivity contribution in [2.24, 2.45) is 13.0 Å². The summed E-state index contributed by atoms with van der Waals surface area (Å²) in [4.78, 5) is 30.5. The summed E-state index contributed by atoms with van der Waals surface area (Å²) in [6.45, 7) is 5.38. The lowest BCUT2D eigenvalue weighted by molar-refractivity contribution is -0.139. The van der Waals surface area contributed by atoms with E-state index in [2.05, 4.69) is 18.8 Å². The Balaban J connectivity index is 1.94. The van der Waals surface area contributed by atoms with Gasteiger partial charge in [0, 0.05) is 26.3 Å². The van der Waals surface area contributed by atoms with E-state index in [1.807, 2.05) is 4.57 Å². The van der Waals surface area contributed by atoms with Crippen molar-refractivity contribution >= 4 is 11.9 Å². The number of rotatable bonds is 4. The normalized spacial score (nSPS) is 17.2. The number of carboxylic acids is 1. The number of carbonyl (C=O) groups excluding carboxylic acids is 1. The van der Waals surface area contributed by atoms with Gasteiger partial charge in [-0.3, -0.25) is 9.59 Å². The van der Waals surface area contributed by atoms with Crippen LogP contribution in [-0.2, 0) is 24.9 Å². The molecule has 7 heteroatoms. The quantitative estimate of drug-likeness (QED) is 0.925. The molecule has 0 fully saturated rings. The molecule has 128 valence electrons. The number of aliphatic carboxylic acids is 1. The van der Waals surface area contributed by atoms with Crippen molar-refractivity contribution in [3.05, 3.63) is 41.7 Å². The van der Waals surface area contributed by atoms with Crippen LogP contribution in [0.25, 0.3) is 0 Å². The number of fused-ring (bicyclic) bond motifs is 1. The van der Waals surface area contributed by atoms with Crippen LogP contribution in [0.3, 0.4) is 0 Å². The lowest BCUT2D eigenvalue weighted by atomic mass is 9.97. The first kappa shape index (κ1) is 16.3. The Labute approximate surface area is 140 Å². The maximum absolute atomic E-state index is 12.7. The highest BCUT2D eigenvalue weighted by Crippen LogP contribution is 2.29. The summed E-state index contributed by atoms with van der Waals surface area (Å²) in [6.07, 6.45) is 3.49. The first-order chi connectivity index (χ1) is 11.4. The van der Waals surface area contributed by atoms with Crippen LogP contribution in [0.2, 0.25) is 0 Å². The van der Waals surface area contributed by atoms with Crippen molar-refractivity contribution in [2.75, 3.05) is 6.54 Å². The van der Waals surface area contributed by atoms with Crippen LogP contribution in [0.15, 0.2) is 24.7 Å². The molecule has 0 spiro atoms. The average molecular weight is 330 g/mol. The Morgan fingerprint density at radius 1 is 1.42 bits per heavy atom. The van der Waals surface area contributed by atoms with E-state index in [1.165, 1.54) is 0 Å². The summed E-state index contributed by atoms with van der Waals surface area (Å²) in [5.41, 5.74) is 1.95. The average Bonchev–Trinajstić information content (AvgIpc) is 3.11. The van der Waals surface area contributed by atoms with Gasteiger partial charge in [-0.2, -0.15) is 0 Å². The van der Waals surface area contributed by atoms with Crippen LogP contribution in [0.5, 0.6) is 0 Å². The number of aryl methyl sites for hydroxylation is 1. The minimum Gasteiger partial charge on any atom is -0.481 e. The van der Waals surface area contributed by atoms with E-state index in [-0.39, 0.29) is 12.5 Å². The van der Waals surface area contributed by atoms with Gasteiger partial charge in [0.25, 0.3) is 5.91 Å². The highest BCUT2D eigenvalue weighted by molar-refractivity contribution is 5.93. The lowest BCUT2D eigenvalue weighted by Crippen LogP contribution is -2.42. The molecule has 0 aromatic carbocycles. The molecular weight excluding hydrogens is 308 g/mol. The molecule has 3 rings (SSSR count). The van der Waals surface area contributed by atoms with Gasteiger partial charge in [0.2, 0.25) is 0 Å². The fourth-order valence-corrected chi connectivity index (χ4v) is 3.24. The van der Waals surface area contributed by atoms with Gasteiger partial charge in [-0.05, 0) is 18.1 Å². The van der Waals surface area contributed by atoms with E-state index in [0.29, 0.717) is 23.9 Å². The SMILES string of the molecule is CC(C)Cn1cnc2c1C(C(=O)O)CN(C(=O)c1cccn1C)C2. The third-order valence-corrected chi connectivity index (χ3v) is 4.34. The van der Waals surface area contributed by atoms with E-state index in [0.717, 1.165) is 12.2 Å². The minimum atomic E-state index is -0.925. The monoisotopic (exact) mass is 330 g/mol. The van der Waals surface area contributed by atoms with Gasteiger partial charge in [0.15, 0.2) is 0 Å². The molecule has 24 heavy (non-hydrogen) atoms. The molecule has 3 heterocycles. The predicted molar refractivity (Wildman–Crippen MR) is 87.6 cm³/mol. The molecule has 1 amide bonds. The number of nitrogens with zero attached hydrogens (tertiary/aromatic N) is 4. The fraction of sp³-hybridized carbons (Fsp3) is 0.471. The molecule has 0 radical (unpaired) electrons. The molecular formula is C17H22N4O3. The van der Waals surface area contributed by atoms with Crippen molar-refractivity contribution in [3.63, 3.8) is 0 Å². The summed E-state index contributed by atoms with van der Waals surface area (Å²) in [7, 11) is 1.80. The molecule has 0 saturated heterocycles. The van der Waals surface area contributed by atoms with Gasteiger partial charge < -0.3 is 19.1 Å². The Bertz CT molecular complexity index is 775. The number of hydrogen-bond donors (Lipinski definition) is 1.